The first-order valence-corrected chi connectivity index (χ1v) is 8.46. The molecule has 7 heteroatoms. The first-order valence-electron chi connectivity index (χ1n) is 6.97. The molecule has 1 fully saturated rings. The fourth-order valence-electron chi connectivity index (χ4n) is 2.38. The molecule has 1 saturated heterocycles. The van der Waals surface area contributed by atoms with Crippen molar-refractivity contribution in [3.05, 3.63) is 29.1 Å². The molecule has 2 rings (SSSR count). The molecule has 2 N–H and O–H groups in total. The highest BCUT2D eigenvalue weighted by atomic mass is 32.2. The Balaban J connectivity index is 2.26. The number of ether oxygens (including phenoxy) is 1. The topological polar surface area (TPSA) is 67.4 Å². The molecular formula is C14H21FN2O3S. The minimum atomic E-state index is -3.64. The zero-order chi connectivity index (χ0) is 15.5. The molecule has 0 radical (unpaired) electrons. The Morgan fingerprint density at radius 3 is 2.62 bits per heavy atom. The molecule has 0 bridgehead atoms. The highest BCUT2D eigenvalue weighted by Crippen LogP contribution is 2.20. The molecule has 0 aliphatic carbocycles. The third-order valence-corrected chi connectivity index (χ3v) is 5.02. The van der Waals surface area contributed by atoms with Crippen LogP contribution in [-0.4, -0.2) is 34.7 Å². The van der Waals surface area contributed by atoms with Gasteiger partial charge in [0.2, 0.25) is 10.0 Å². The monoisotopic (exact) mass is 316 g/mol. The van der Waals surface area contributed by atoms with E-state index in [4.69, 9.17) is 4.74 Å². The Bertz CT molecular complexity index is 598. The van der Waals surface area contributed by atoms with Crippen molar-refractivity contribution < 1.29 is 17.5 Å². The average Bonchev–Trinajstić information content (AvgIpc) is 2.44. The molecule has 1 aromatic rings. The third-order valence-electron chi connectivity index (χ3n) is 3.52. The lowest BCUT2D eigenvalue weighted by Gasteiger charge is -2.23. The molecule has 1 aliphatic rings. The van der Waals surface area contributed by atoms with Crippen LogP contribution in [-0.2, 0) is 21.3 Å². The summed E-state index contributed by atoms with van der Waals surface area (Å²) in [6, 6.07) is 2.64. The van der Waals surface area contributed by atoms with Gasteiger partial charge in [-0.1, -0.05) is 0 Å². The quantitative estimate of drug-likeness (QED) is 0.859. The molecule has 0 spiro atoms. The number of hydrogen-bond donors (Lipinski definition) is 2. The summed E-state index contributed by atoms with van der Waals surface area (Å²) in [5.74, 6) is -0.366. The fourth-order valence-corrected chi connectivity index (χ4v) is 3.82. The summed E-state index contributed by atoms with van der Waals surface area (Å²) in [5.41, 5.74) is 0.681. The van der Waals surface area contributed by atoms with Gasteiger partial charge in [0.1, 0.15) is 5.82 Å². The molecule has 0 unspecified atom stereocenters. The maximum absolute atomic E-state index is 13.9. The molecule has 0 amide bonds. The van der Waals surface area contributed by atoms with Crippen LogP contribution in [0.2, 0.25) is 0 Å². The highest BCUT2D eigenvalue weighted by molar-refractivity contribution is 7.89. The first kappa shape index (κ1) is 16.4. The van der Waals surface area contributed by atoms with Gasteiger partial charge in [-0.05, 0) is 44.5 Å². The summed E-state index contributed by atoms with van der Waals surface area (Å²) in [4.78, 5) is 0.109. The van der Waals surface area contributed by atoms with E-state index in [0.29, 0.717) is 37.2 Å². The minimum absolute atomic E-state index is 0.109. The van der Waals surface area contributed by atoms with Crippen LogP contribution >= 0.6 is 0 Å². The van der Waals surface area contributed by atoms with Crippen LogP contribution in [0, 0.1) is 12.7 Å². The van der Waals surface area contributed by atoms with E-state index in [2.05, 4.69) is 10.0 Å². The van der Waals surface area contributed by atoms with Gasteiger partial charge in [-0.2, -0.15) is 0 Å². The lowest BCUT2D eigenvalue weighted by Crippen LogP contribution is -2.38. The summed E-state index contributed by atoms with van der Waals surface area (Å²) in [7, 11) is -1.95. The predicted molar refractivity (Wildman–Crippen MR) is 78.1 cm³/mol. The van der Waals surface area contributed by atoms with Crippen molar-refractivity contribution in [2.75, 3.05) is 20.3 Å². The van der Waals surface area contributed by atoms with E-state index in [0.717, 1.165) is 0 Å². The van der Waals surface area contributed by atoms with E-state index in [9.17, 15) is 12.8 Å². The minimum Gasteiger partial charge on any atom is -0.381 e. The van der Waals surface area contributed by atoms with Gasteiger partial charge in [0, 0.05) is 31.4 Å². The Hall–Kier alpha value is -1.02. The van der Waals surface area contributed by atoms with Crippen molar-refractivity contribution in [1.29, 1.82) is 0 Å². The average molecular weight is 316 g/mol. The lowest BCUT2D eigenvalue weighted by molar-refractivity contribution is 0.0832. The number of aryl methyl sites for hydroxylation is 1. The van der Waals surface area contributed by atoms with Crippen molar-refractivity contribution in [2.24, 2.45) is 0 Å². The second kappa shape index (κ2) is 6.83. The van der Waals surface area contributed by atoms with Crippen LogP contribution in [0.3, 0.4) is 0 Å². The molecule has 0 aromatic heterocycles. The molecule has 1 aromatic carbocycles. The highest BCUT2D eigenvalue weighted by Gasteiger charge is 2.23. The van der Waals surface area contributed by atoms with E-state index in [1.807, 2.05) is 0 Å². The van der Waals surface area contributed by atoms with Crippen LogP contribution in [0.25, 0.3) is 0 Å². The standard InChI is InChI=1S/C14H21FN2O3S/c1-10-7-13(8-11(9-16-2)14(10)15)21(18,19)17-12-3-5-20-6-4-12/h7-8,12,16-17H,3-6,9H2,1-2H3. The largest absolute Gasteiger partial charge is 0.381 e. The molecular weight excluding hydrogens is 295 g/mol. The maximum atomic E-state index is 13.9. The Labute approximate surface area is 124 Å². The van der Waals surface area contributed by atoms with Gasteiger partial charge >= 0.3 is 0 Å². The molecule has 5 nitrogen and oxygen atoms in total. The second-order valence-corrected chi connectivity index (χ2v) is 6.97. The normalized spacial score (nSPS) is 17.1. The van der Waals surface area contributed by atoms with Crippen LogP contribution in [0.4, 0.5) is 4.39 Å². The summed E-state index contributed by atoms with van der Waals surface area (Å²) in [6.45, 7) is 2.97. The van der Waals surface area contributed by atoms with Gasteiger partial charge in [0.05, 0.1) is 4.90 Å². The number of nitrogens with one attached hydrogen (secondary N) is 2. The van der Waals surface area contributed by atoms with Crippen LogP contribution in [0.1, 0.15) is 24.0 Å². The van der Waals surface area contributed by atoms with E-state index in [-0.39, 0.29) is 23.3 Å². The third kappa shape index (κ3) is 4.00. The van der Waals surface area contributed by atoms with Crippen molar-refractivity contribution in [2.45, 2.75) is 37.2 Å². The number of hydrogen-bond acceptors (Lipinski definition) is 4. The van der Waals surface area contributed by atoms with Crippen molar-refractivity contribution in [3.8, 4) is 0 Å². The first-order chi connectivity index (χ1) is 9.94. The molecule has 0 saturated carbocycles. The van der Waals surface area contributed by atoms with Gasteiger partial charge in [-0.25, -0.2) is 17.5 Å². The van der Waals surface area contributed by atoms with Gasteiger partial charge in [-0.3, -0.25) is 0 Å². The van der Waals surface area contributed by atoms with Crippen molar-refractivity contribution in [3.63, 3.8) is 0 Å². The predicted octanol–water partition coefficient (Wildman–Crippen LogP) is 1.31. The van der Waals surface area contributed by atoms with Crippen LogP contribution < -0.4 is 10.0 Å². The molecule has 0 atom stereocenters. The van der Waals surface area contributed by atoms with E-state index in [1.54, 1.807) is 14.0 Å². The summed E-state index contributed by atoms with van der Waals surface area (Å²) in [6.07, 6.45) is 1.31. The van der Waals surface area contributed by atoms with Crippen LogP contribution in [0.5, 0.6) is 0 Å². The molecule has 1 heterocycles. The smallest absolute Gasteiger partial charge is 0.240 e. The SMILES string of the molecule is CNCc1cc(S(=O)(=O)NC2CCOCC2)cc(C)c1F. The maximum Gasteiger partial charge on any atom is 0.240 e. The zero-order valence-electron chi connectivity index (χ0n) is 12.3. The molecule has 118 valence electrons. The van der Waals surface area contributed by atoms with Gasteiger partial charge < -0.3 is 10.1 Å². The Morgan fingerprint density at radius 1 is 1.33 bits per heavy atom. The lowest BCUT2D eigenvalue weighted by atomic mass is 10.1. The van der Waals surface area contributed by atoms with Crippen LogP contribution in [0.15, 0.2) is 17.0 Å². The number of benzene rings is 1. The second-order valence-electron chi connectivity index (χ2n) is 5.25. The Morgan fingerprint density at radius 2 is 2.00 bits per heavy atom. The van der Waals surface area contributed by atoms with Crippen molar-refractivity contribution in [1.82, 2.24) is 10.0 Å². The van der Waals surface area contributed by atoms with E-state index >= 15 is 0 Å². The summed E-state index contributed by atoms with van der Waals surface area (Å²) < 4.78 is 46.7. The Kier molecular flexibility index (Phi) is 5.32. The van der Waals surface area contributed by atoms with Gasteiger partial charge in [0.25, 0.3) is 0 Å². The summed E-state index contributed by atoms with van der Waals surface area (Å²) >= 11 is 0. The van der Waals surface area contributed by atoms with Crippen molar-refractivity contribution >= 4 is 10.0 Å². The van der Waals surface area contributed by atoms with Gasteiger partial charge in [0.15, 0.2) is 0 Å². The zero-order valence-corrected chi connectivity index (χ0v) is 13.1. The fraction of sp³-hybridized carbons (Fsp3) is 0.571. The molecule has 21 heavy (non-hydrogen) atoms. The van der Waals surface area contributed by atoms with E-state index < -0.39 is 10.0 Å². The number of rotatable bonds is 5. The molecule has 1 aliphatic heterocycles. The number of halogens is 1. The summed E-state index contributed by atoms with van der Waals surface area (Å²) in [5, 5.41) is 2.84. The van der Waals surface area contributed by atoms with E-state index in [1.165, 1.54) is 12.1 Å². The number of sulfonamides is 1. The van der Waals surface area contributed by atoms with Gasteiger partial charge in [-0.15, -0.1) is 0 Å².